The molecule has 108 valence electrons. The number of aromatic amines is 1. The van der Waals surface area contributed by atoms with Gasteiger partial charge in [-0.15, -0.1) is 11.3 Å². The van der Waals surface area contributed by atoms with Crippen LogP contribution in [-0.2, 0) is 0 Å². The third-order valence-electron chi connectivity index (χ3n) is 3.03. The first-order valence-electron chi connectivity index (χ1n) is 6.50. The topological polar surface area (TPSA) is 90.9 Å². The first-order valence-corrected chi connectivity index (χ1v) is 7.32. The van der Waals surface area contributed by atoms with Crippen LogP contribution in [0.25, 0.3) is 20.9 Å². The molecule has 0 saturated carbocycles. The van der Waals surface area contributed by atoms with E-state index in [-0.39, 0.29) is 18.6 Å². The molecule has 0 unspecified atom stereocenters. The van der Waals surface area contributed by atoms with Gasteiger partial charge in [0, 0.05) is 12.2 Å². The summed E-state index contributed by atoms with van der Waals surface area (Å²) in [7, 11) is 0. The van der Waals surface area contributed by atoms with Crippen molar-refractivity contribution in [3.63, 3.8) is 0 Å². The van der Waals surface area contributed by atoms with Crippen LogP contribution in [0.4, 0.5) is 0 Å². The number of hydrogen-bond acceptors (Lipinski definition) is 5. The molecule has 0 aliphatic rings. The van der Waals surface area contributed by atoms with E-state index >= 15 is 0 Å². The number of para-hydroxylation sites is 1. The maximum absolute atomic E-state index is 12.2. The summed E-state index contributed by atoms with van der Waals surface area (Å²) in [6, 6.07) is 7.47. The fourth-order valence-corrected chi connectivity index (χ4v) is 2.92. The number of rotatable bonds is 4. The molecule has 0 aliphatic carbocycles. The Balaban J connectivity index is 1.96. The molecule has 0 bridgehead atoms. The Hall–Kier alpha value is -2.25. The molecule has 2 aromatic heterocycles. The number of benzene rings is 1. The Morgan fingerprint density at radius 1 is 1.48 bits per heavy atom. The van der Waals surface area contributed by atoms with E-state index in [0.29, 0.717) is 16.3 Å². The van der Waals surface area contributed by atoms with Crippen LogP contribution in [0.15, 0.2) is 30.5 Å². The van der Waals surface area contributed by atoms with E-state index in [2.05, 4.69) is 20.5 Å². The summed E-state index contributed by atoms with van der Waals surface area (Å²) in [4.78, 5) is 16.7. The van der Waals surface area contributed by atoms with Crippen molar-refractivity contribution < 1.29 is 9.90 Å². The second-order valence-corrected chi connectivity index (χ2v) is 5.72. The zero-order valence-electron chi connectivity index (χ0n) is 11.3. The predicted octanol–water partition coefficient (Wildman–Crippen LogP) is 1.80. The van der Waals surface area contributed by atoms with Gasteiger partial charge in [-0.1, -0.05) is 12.1 Å². The number of nitrogens with zero attached hydrogens (tertiary/aromatic N) is 2. The number of nitrogens with one attached hydrogen (secondary N) is 2. The van der Waals surface area contributed by atoms with Gasteiger partial charge in [0.1, 0.15) is 10.7 Å². The van der Waals surface area contributed by atoms with Gasteiger partial charge < -0.3 is 10.4 Å². The Bertz CT molecular complexity index is 747. The third kappa shape index (κ3) is 2.65. The van der Waals surface area contributed by atoms with Crippen molar-refractivity contribution in [1.82, 2.24) is 20.5 Å². The molecule has 1 atom stereocenters. The molecule has 0 fully saturated rings. The molecular weight excluding hydrogens is 288 g/mol. The summed E-state index contributed by atoms with van der Waals surface area (Å²) in [5, 5.41) is 19.3. The number of fused-ring (bicyclic) bond motifs is 1. The maximum Gasteiger partial charge on any atom is 0.255 e. The lowest BCUT2D eigenvalue weighted by atomic mass is 10.2. The fraction of sp³-hybridized carbons (Fsp3) is 0.214. The monoisotopic (exact) mass is 302 g/mol. The second-order valence-electron chi connectivity index (χ2n) is 4.69. The Morgan fingerprint density at radius 2 is 2.29 bits per heavy atom. The minimum absolute atomic E-state index is 0.111. The standard InChI is InChI=1S/C14H14N4O2S/c1-8(7-19)16-13(20)9-6-15-18-12(9)14-17-10-4-2-3-5-11(10)21-14/h2-6,8,19H,7H2,1H3,(H,15,18)(H,16,20)/t8-/m0/s1. The highest BCUT2D eigenvalue weighted by molar-refractivity contribution is 7.21. The fourth-order valence-electron chi connectivity index (χ4n) is 1.95. The SMILES string of the molecule is C[C@@H](CO)NC(=O)c1c[nH]nc1-c1nc2ccccc2s1. The highest BCUT2D eigenvalue weighted by Crippen LogP contribution is 2.30. The first kappa shape index (κ1) is 13.7. The van der Waals surface area contributed by atoms with Crippen molar-refractivity contribution in [2.45, 2.75) is 13.0 Å². The highest BCUT2D eigenvalue weighted by Gasteiger charge is 2.19. The van der Waals surface area contributed by atoms with Gasteiger partial charge in [0.05, 0.1) is 22.4 Å². The number of hydrogen-bond donors (Lipinski definition) is 3. The van der Waals surface area contributed by atoms with E-state index in [1.165, 1.54) is 11.3 Å². The quantitative estimate of drug-likeness (QED) is 0.685. The van der Waals surface area contributed by atoms with Crippen LogP contribution in [0.2, 0.25) is 0 Å². The largest absolute Gasteiger partial charge is 0.394 e. The molecule has 6 nitrogen and oxygen atoms in total. The molecule has 1 aromatic carbocycles. The van der Waals surface area contributed by atoms with Gasteiger partial charge in [-0.25, -0.2) is 4.98 Å². The molecule has 21 heavy (non-hydrogen) atoms. The summed E-state index contributed by atoms with van der Waals surface area (Å²) >= 11 is 1.49. The van der Waals surface area contributed by atoms with Crippen LogP contribution >= 0.6 is 11.3 Å². The number of thiazole rings is 1. The predicted molar refractivity (Wildman–Crippen MR) is 81.2 cm³/mol. The molecule has 0 radical (unpaired) electrons. The molecule has 1 amide bonds. The molecule has 3 N–H and O–H groups in total. The van der Waals surface area contributed by atoms with Crippen molar-refractivity contribution in [3.05, 3.63) is 36.0 Å². The Morgan fingerprint density at radius 3 is 3.05 bits per heavy atom. The van der Waals surface area contributed by atoms with E-state index in [0.717, 1.165) is 10.2 Å². The second kappa shape index (κ2) is 5.63. The number of H-pyrrole nitrogens is 1. The van der Waals surface area contributed by atoms with Crippen molar-refractivity contribution in [1.29, 1.82) is 0 Å². The molecule has 3 aromatic rings. The van der Waals surface area contributed by atoms with Crippen LogP contribution in [0, 0.1) is 0 Å². The highest BCUT2D eigenvalue weighted by atomic mass is 32.1. The minimum Gasteiger partial charge on any atom is -0.394 e. The molecule has 7 heteroatoms. The smallest absolute Gasteiger partial charge is 0.255 e. The lowest BCUT2D eigenvalue weighted by molar-refractivity contribution is 0.0923. The molecule has 3 rings (SSSR count). The first-order chi connectivity index (χ1) is 10.2. The molecule has 0 aliphatic heterocycles. The van der Waals surface area contributed by atoms with Gasteiger partial charge in [-0.3, -0.25) is 9.89 Å². The van der Waals surface area contributed by atoms with Gasteiger partial charge >= 0.3 is 0 Å². The molecule has 0 spiro atoms. The normalized spacial score (nSPS) is 12.5. The van der Waals surface area contributed by atoms with Gasteiger partial charge in [0.15, 0.2) is 0 Å². The molecule has 0 saturated heterocycles. The average molecular weight is 302 g/mol. The van der Waals surface area contributed by atoms with E-state index in [1.807, 2.05) is 24.3 Å². The van der Waals surface area contributed by atoms with Crippen molar-refractivity contribution >= 4 is 27.5 Å². The lowest BCUT2D eigenvalue weighted by Crippen LogP contribution is -2.35. The zero-order valence-corrected chi connectivity index (χ0v) is 12.1. The Kier molecular flexibility index (Phi) is 3.68. The number of carbonyl (C=O) groups is 1. The zero-order chi connectivity index (χ0) is 14.8. The number of carbonyl (C=O) groups excluding carboxylic acids is 1. The van der Waals surface area contributed by atoms with E-state index < -0.39 is 0 Å². The summed E-state index contributed by atoms with van der Waals surface area (Å²) in [5.41, 5.74) is 1.84. The van der Waals surface area contributed by atoms with Crippen LogP contribution in [0.1, 0.15) is 17.3 Å². The lowest BCUT2D eigenvalue weighted by Gasteiger charge is -2.09. The van der Waals surface area contributed by atoms with Crippen molar-refractivity contribution in [2.24, 2.45) is 0 Å². The van der Waals surface area contributed by atoms with Gasteiger partial charge in [0.25, 0.3) is 5.91 Å². The minimum atomic E-state index is -0.310. The number of aromatic nitrogens is 3. The van der Waals surface area contributed by atoms with E-state index in [1.54, 1.807) is 13.1 Å². The maximum atomic E-state index is 12.2. The van der Waals surface area contributed by atoms with E-state index in [9.17, 15) is 4.79 Å². The van der Waals surface area contributed by atoms with Crippen LogP contribution in [0.3, 0.4) is 0 Å². The van der Waals surface area contributed by atoms with Crippen LogP contribution in [-0.4, -0.2) is 38.8 Å². The van der Waals surface area contributed by atoms with Crippen LogP contribution in [0.5, 0.6) is 0 Å². The number of aliphatic hydroxyl groups is 1. The van der Waals surface area contributed by atoms with Gasteiger partial charge in [-0.05, 0) is 19.1 Å². The van der Waals surface area contributed by atoms with Gasteiger partial charge in [-0.2, -0.15) is 5.10 Å². The Labute approximate surface area is 124 Å². The summed E-state index contributed by atoms with van der Waals surface area (Å²) in [5.74, 6) is -0.278. The number of amides is 1. The third-order valence-corrected chi connectivity index (χ3v) is 4.08. The summed E-state index contributed by atoms with van der Waals surface area (Å²) in [6.45, 7) is 1.62. The van der Waals surface area contributed by atoms with Gasteiger partial charge in [0.2, 0.25) is 0 Å². The number of aliphatic hydroxyl groups excluding tert-OH is 1. The van der Waals surface area contributed by atoms with Crippen LogP contribution < -0.4 is 5.32 Å². The van der Waals surface area contributed by atoms with E-state index in [4.69, 9.17) is 5.11 Å². The molecular formula is C14H14N4O2S. The molecule has 2 heterocycles. The average Bonchev–Trinajstić information content (AvgIpc) is 3.12. The van der Waals surface area contributed by atoms with Crippen molar-refractivity contribution in [3.8, 4) is 10.7 Å². The summed E-state index contributed by atoms with van der Waals surface area (Å²) < 4.78 is 1.05. The van der Waals surface area contributed by atoms with Crippen molar-refractivity contribution in [2.75, 3.05) is 6.61 Å². The summed E-state index contributed by atoms with van der Waals surface area (Å²) in [6.07, 6.45) is 1.54.